The molecule has 0 aliphatic rings. The van der Waals surface area contributed by atoms with E-state index in [0.717, 1.165) is 20.4 Å². The molecule has 0 amide bonds. The Kier molecular flexibility index (Phi) is 8.89. The topological polar surface area (TPSA) is 88.8 Å². The molecule has 0 fully saturated rings. The van der Waals surface area contributed by atoms with Gasteiger partial charge in [-0.3, -0.25) is 5.43 Å². The zero-order valence-corrected chi connectivity index (χ0v) is 18.8. The number of aromatic nitrogens is 1. The highest BCUT2D eigenvalue weighted by atomic mass is 127. The summed E-state index contributed by atoms with van der Waals surface area (Å²) in [4.78, 5) is 4.37. The third-order valence-electron chi connectivity index (χ3n) is 3.70. The molecule has 1 aromatic heterocycles. The Balaban J connectivity index is 2.29. The summed E-state index contributed by atoms with van der Waals surface area (Å²) in [5.41, 5.74) is 5.62. The maximum atomic E-state index is 9.49. The summed E-state index contributed by atoms with van der Waals surface area (Å²) in [5.74, 6) is 1.70. The number of hydrogen-bond donors (Lipinski definition) is 1. The highest BCUT2D eigenvalue weighted by Gasteiger charge is 2.12. The molecule has 0 spiro atoms. The molecule has 0 bridgehead atoms. The Hall–Kier alpha value is -2.64. The number of nitrogens with zero attached hydrogens (tertiary/aromatic N) is 3. The van der Waals surface area contributed by atoms with Crippen molar-refractivity contribution in [3.8, 4) is 17.6 Å². The first-order valence-electron chi connectivity index (χ1n) is 8.92. The first-order chi connectivity index (χ1) is 14.0. The molecule has 0 saturated carbocycles. The van der Waals surface area contributed by atoms with E-state index in [1.807, 2.05) is 32.0 Å². The van der Waals surface area contributed by atoms with Crippen molar-refractivity contribution in [1.82, 2.24) is 4.98 Å². The molecule has 152 valence electrons. The lowest BCUT2D eigenvalue weighted by molar-refractivity contribution is 0.184. The zero-order valence-electron chi connectivity index (χ0n) is 16.7. The lowest BCUT2D eigenvalue weighted by Gasteiger charge is -2.13. The van der Waals surface area contributed by atoms with Crippen LogP contribution in [0, 0.1) is 21.8 Å². The fourth-order valence-electron chi connectivity index (χ4n) is 2.59. The van der Waals surface area contributed by atoms with Gasteiger partial charge in [-0.05, 0) is 60.2 Å². The number of hydrogen-bond acceptors (Lipinski definition) is 7. The number of anilines is 1. The minimum atomic E-state index is 0.326. The molecule has 0 aliphatic heterocycles. The standard InChI is InChI=1S/C21H23IN4O3/c1-5-7-29-20-18(22)9-15(10-19(20)28-6-2)12-24-26-21-17(11-23)16(13-27-4)8-14(3)25-21/h5,8-10,12H,1,6-7,13H2,2-4H3,(H,25,26)/b24-12-. The van der Waals surface area contributed by atoms with Crippen molar-refractivity contribution in [2.75, 3.05) is 25.7 Å². The minimum absolute atomic E-state index is 0.326. The predicted molar refractivity (Wildman–Crippen MR) is 122 cm³/mol. The van der Waals surface area contributed by atoms with Gasteiger partial charge in [0.1, 0.15) is 18.2 Å². The van der Waals surface area contributed by atoms with E-state index >= 15 is 0 Å². The summed E-state index contributed by atoms with van der Waals surface area (Å²) in [5, 5.41) is 13.7. The molecule has 7 nitrogen and oxygen atoms in total. The summed E-state index contributed by atoms with van der Waals surface area (Å²) in [6, 6.07) is 7.77. The minimum Gasteiger partial charge on any atom is -0.490 e. The monoisotopic (exact) mass is 506 g/mol. The lowest BCUT2D eigenvalue weighted by atomic mass is 10.1. The van der Waals surface area contributed by atoms with Gasteiger partial charge in [0.05, 0.1) is 23.0 Å². The van der Waals surface area contributed by atoms with E-state index in [1.54, 1.807) is 19.4 Å². The van der Waals surface area contributed by atoms with Gasteiger partial charge in [0.25, 0.3) is 0 Å². The van der Waals surface area contributed by atoms with E-state index < -0.39 is 0 Å². The van der Waals surface area contributed by atoms with Crippen molar-refractivity contribution in [3.63, 3.8) is 0 Å². The first-order valence-corrected chi connectivity index (χ1v) is 10.0. The van der Waals surface area contributed by atoms with Crippen LogP contribution in [-0.4, -0.2) is 31.5 Å². The smallest absolute Gasteiger partial charge is 0.174 e. The molecule has 0 saturated heterocycles. The number of rotatable bonds is 10. The average Bonchev–Trinajstić information content (AvgIpc) is 2.68. The molecule has 0 radical (unpaired) electrons. The number of hydrazone groups is 1. The van der Waals surface area contributed by atoms with Crippen LogP contribution in [0.5, 0.6) is 11.5 Å². The summed E-state index contributed by atoms with van der Waals surface area (Å²) < 4.78 is 17.5. The van der Waals surface area contributed by atoms with Crippen LogP contribution in [0.1, 0.15) is 29.3 Å². The van der Waals surface area contributed by atoms with Crippen LogP contribution in [0.4, 0.5) is 5.82 Å². The summed E-state index contributed by atoms with van der Waals surface area (Å²) in [7, 11) is 1.59. The quantitative estimate of drug-likeness (QED) is 0.222. The summed E-state index contributed by atoms with van der Waals surface area (Å²) in [6.45, 7) is 8.67. The van der Waals surface area contributed by atoms with Gasteiger partial charge in [-0.15, -0.1) is 0 Å². The maximum Gasteiger partial charge on any atom is 0.174 e. The van der Waals surface area contributed by atoms with Crippen molar-refractivity contribution in [2.24, 2.45) is 5.10 Å². The van der Waals surface area contributed by atoms with Crippen molar-refractivity contribution in [1.29, 1.82) is 5.26 Å². The van der Waals surface area contributed by atoms with Crippen LogP contribution in [0.2, 0.25) is 0 Å². The molecular formula is C21H23IN4O3. The number of methoxy groups -OCH3 is 1. The van der Waals surface area contributed by atoms with Crippen LogP contribution < -0.4 is 14.9 Å². The molecule has 29 heavy (non-hydrogen) atoms. The van der Waals surface area contributed by atoms with Gasteiger partial charge in [0.15, 0.2) is 17.3 Å². The number of aryl methyl sites for hydroxylation is 1. The highest BCUT2D eigenvalue weighted by molar-refractivity contribution is 14.1. The van der Waals surface area contributed by atoms with Gasteiger partial charge >= 0.3 is 0 Å². The van der Waals surface area contributed by atoms with E-state index in [0.29, 0.717) is 42.7 Å². The number of halogens is 1. The fourth-order valence-corrected chi connectivity index (χ4v) is 3.37. The first kappa shape index (κ1) is 22.6. The second-order valence-corrected chi connectivity index (χ2v) is 7.09. The van der Waals surface area contributed by atoms with E-state index in [-0.39, 0.29) is 0 Å². The van der Waals surface area contributed by atoms with E-state index in [4.69, 9.17) is 14.2 Å². The van der Waals surface area contributed by atoms with Gasteiger partial charge in [0, 0.05) is 18.4 Å². The maximum absolute atomic E-state index is 9.49. The van der Waals surface area contributed by atoms with Gasteiger partial charge in [-0.1, -0.05) is 12.7 Å². The Labute approximate surface area is 184 Å². The van der Waals surface area contributed by atoms with Gasteiger partial charge in [0.2, 0.25) is 0 Å². The molecule has 1 aromatic carbocycles. The van der Waals surface area contributed by atoms with Gasteiger partial charge in [-0.2, -0.15) is 10.4 Å². The van der Waals surface area contributed by atoms with E-state index in [1.165, 1.54) is 0 Å². The molecule has 0 atom stereocenters. The SMILES string of the molecule is C=CCOc1c(I)cc(/C=N\Nc2nc(C)cc(COC)c2C#N)cc1OCC. The van der Waals surface area contributed by atoms with Crippen molar-refractivity contribution in [2.45, 2.75) is 20.5 Å². The fraction of sp³-hybridized carbons (Fsp3) is 0.286. The normalized spacial score (nSPS) is 10.6. The molecule has 8 heteroatoms. The van der Waals surface area contributed by atoms with Gasteiger partial charge < -0.3 is 14.2 Å². The van der Waals surface area contributed by atoms with Gasteiger partial charge in [-0.25, -0.2) is 4.98 Å². The molecular weight excluding hydrogens is 483 g/mol. The second-order valence-electron chi connectivity index (χ2n) is 5.92. The third-order valence-corrected chi connectivity index (χ3v) is 4.50. The Morgan fingerprint density at radius 2 is 2.14 bits per heavy atom. The van der Waals surface area contributed by atoms with E-state index in [2.05, 4.69) is 50.8 Å². The van der Waals surface area contributed by atoms with Crippen LogP contribution in [-0.2, 0) is 11.3 Å². The summed E-state index contributed by atoms with van der Waals surface area (Å²) in [6.07, 6.45) is 3.33. The van der Waals surface area contributed by atoms with Crippen LogP contribution in [0.15, 0.2) is 36.0 Å². The lowest BCUT2D eigenvalue weighted by Crippen LogP contribution is -2.04. The molecule has 1 N–H and O–H groups in total. The molecule has 0 aliphatic carbocycles. The average molecular weight is 506 g/mol. The zero-order chi connectivity index (χ0) is 21.2. The largest absolute Gasteiger partial charge is 0.490 e. The number of nitrogens with one attached hydrogen (secondary N) is 1. The number of pyridine rings is 1. The van der Waals surface area contributed by atoms with Crippen molar-refractivity contribution in [3.05, 3.63) is 56.8 Å². The molecule has 1 heterocycles. The number of nitriles is 1. The predicted octanol–water partition coefficient (Wildman–Crippen LogP) is 4.42. The van der Waals surface area contributed by atoms with Crippen molar-refractivity contribution >= 4 is 34.6 Å². The molecule has 2 aromatic rings. The van der Waals surface area contributed by atoms with Crippen LogP contribution in [0.3, 0.4) is 0 Å². The second kappa shape index (κ2) is 11.4. The van der Waals surface area contributed by atoms with Crippen molar-refractivity contribution < 1.29 is 14.2 Å². The van der Waals surface area contributed by atoms with Crippen LogP contribution >= 0.6 is 22.6 Å². The third kappa shape index (κ3) is 6.17. The summed E-state index contributed by atoms with van der Waals surface area (Å²) >= 11 is 2.19. The molecule has 0 unspecified atom stereocenters. The Morgan fingerprint density at radius 3 is 2.79 bits per heavy atom. The molecule has 2 rings (SSSR count). The Bertz CT molecular complexity index is 938. The Morgan fingerprint density at radius 1 is 1.34 bits per heavy atom. The highest BCUT2D eigenvalue weighted by Crippen LogP contribution is 2.34. The number of ether oxygens (including phenoxy) is 3. The van der Waals surface area contributed by atoms with E-state index in [9.17, 15) is 5.26 Å². The number of benzene rings is 1. The van der Waals surface area contributed by atoms with Crippen LogP contribution in [0.25, 0.3) is 0 Å².